The minimum Gasteiger partial charge on any atom is -0.495 e. The molecule has 1 aromatic carbocycles. The lowest BCUT2D eigenvalue weighted by atomic mass is 10.1. The SMILES string of the molecule is COc1ccccc1NC(=O)NC[C@H](c1cccn1C)N1CCCC1. The number of aryl methyl sites for hydroxylation is 1. The molecular weight excluding hydrogens is 316 g/mol. The largest absolute Gasteiger partial charge is 0.495 e. The summed E-state index contributed by atoms with van der Waals surface area (Å²) in [6.07, 6.45) is 4.48. The molecule has 0 aliphatic carbocycles. The van der Waals surface area contributed by atoms with Crippen LogP contribution in [-0.4, -0.2) is 42.2 Å². The first-order chi connectivity index (χ1) is 12.2. The van der Waals surface area contributed by atoms with Gasteiger partial charge in [-0.2, -0.15) is 0 Å². The Morgan fingerprint density at radius 2 is 1.96 bits per heavy atom. The molecular formula is C19H26N4O2. The van der Waals surface area contributed by atoms with Gasteiger partial charge in [-0.15, -0.1) is 0 Å². The van der Waals surface area contributed by atoms with Gasteiger partial charge in [0.2, 0.25) is 0 Å². The highest BCUT2D eigenvalue weighted by Gasteiger charge is 2.25. The Hall–Kier alpha value is -2.47. The molecule has 0 saturated carbocycles. The molecule has 1 atom stereocenters. The summed E-state index contributed by atoms with van der Waals surface area (Å²) >= 11 is 0. The van der Waals surface area contributed by atoms with Crippen LogP contribution in [0.5, 0.6) is 5.75 Å². The number of likely N-dealkylation sites (tertiary alicyclic amines) is 1. The number of benzene rings is 1. The number of urea groups is 1. The first kappa shape index (κ1) is 17.4. The smallest absolute Gasteiger partial charge is 0.319 e. The molecule has 2 aromatic rings. The maximum absolute atomic E-state index is 12.4. The Morgan fingerprint density at radius 3 is 2.64 bits per heavy atom. The van der Waals surface area contributed by atoms with E-state index in [0.717, 1.165) is 13.1 Å². The van der Waals surface area contributed by atoms with Crippen LogP contribution in [0.2, 0.25) is 0 Å². The lowest BCUT2D eigenvalue weighted by Gasteiger charge is -2.28. The molecule has 1 aromatic heterocycles. The van der Waals surface area contributed by atoms with Crippen molar-refractivity contribution in [1.82, 2.24) is 14.8 Å². The number of methoxy groups -OCH3 is 1. The summed E-state index contributed by atoms with van der Waals surface area (Å²) in [4.78, 5) is 14.8. The van der Waals surface area contributed by atoms with Crippen molar-refractivity contribution >= 4 is 11.7 Å². The molecule has 1 aliphatic heterocycles. The van der Waals surface area contributed by atoms with E-state index in [1.807, 2.05) is 43.6 Å². The van der Waals surface area contributed by atoms with Crippen molar-refractivity contribution in [2.75, 3.05) is 32.1 Å². The average molecular weight is 342 g/mol. The Bertz CT molecular complexity index is 707. The van der Waals surface area contributed by atoms with Crippen molar-refractivity contribution in [1.29, 1.82) is 0 Å². The van der Waals surface area contributed by atoms with E-state index in [1.54, 1.807) is 7.11 Å². The maximum atomic E-state index is 12.4. The Kier molecular flexibility index (Phi) is 5.60. The molecule has 3 rings (SSSR count). The fourth-order valence-corrected chi connectivity index (χ4v) is 3.40. The van der Waals surface area contributed by atoms with Crippen molar-refractivity contribution in [3.05, 3.63) is 48.3 Å². The third kappa shape index (κ3) is 4.14. The second-order valence-corrected chi connectivity index (χ2v) is 6.34. The molecule has 0 radical (unpaired) electrons. The number of hydrogen-bond donors (Lipinski definition) is 2. The number of rotatable bonds is 6. The number of amides is 2. The van der Waals surface area contributed by atoms with E-state index in [9.17, 15) is 4.79 Å². The number of aromatic nitrogens is 1. The van der Waals surface area contributed by atoms with Crippen molar-refractivity contribution in [2.45, 2.75) is 18.9 Å². The van der Waals surface area contributed by atoms with E-state index in [4.69, 9.17) is 4.74 Å². The molecule has 1 aliphatic rings. The van der Waals surface area contributed by atoms with Gasteiger partial charge in [0.15, 0.2) is 0 Å². The summed E-state index contributed by atoms with van der Waals surface area (Å²) in [5, 5.41) is 5.88. The van der Waals surface area contributed by atoms with Crippen LogP contribution in [0.4, 0.5) is 10.5 Å². The molecule has 25 heavy (non-hydrogen) atoms. The van der Waals surface area contributed by atoms with Gasteiger partial charge in [0.1, 0.15) is 5.75 Å². The molecule has 134 valence electrons. The number of carbonyl (C=O) groups is 1. The van der Waals surface area contributed by atoms with Gasteiger partial charge in [0.05, 0.1) is 18.8 Å². The highest BCUT2D eigenvalue weighted by atomic mass is 16.5. The summed E-state index contributed by atoms with van der Waals surface area (Å²) < 4.78 is 7.40. The topological polar surface area (TPSA) is 58.5 Å². The van der Waals surface area contributed by atoms with Gasteiger partial charge in [-0.05, 0) is 50.2 Å². The van der Waals surface area contributed by atoms with Gasteiger partial charge in [-0.1, -0.05) is 12.1 Å². The predicted octanol–water partition coefficient (Wildman–Crippen LogP) is 2.99. The zero-order valence-corrected chi connectivity index (χ0v) is 14.9. The fraction of sp³-hybridized carbons (Fsp3) is 0.421. The van der Waals surface area contributed by atoms with Gasteiger partial charge in [-0.3, -0.25) is 4.90 Å². The molecule has 0 spiro atoms. The first-order valence-electron chi connectivity index (χ1n) is 8.72. The molecule has 6 heteroatoms. The lowest BCUT2D eigenvalue weighted by Crippen LogP contribution is -2.39. The first-order valence-corrected chi connectivity index (χ1v) is 8.72. The standard InChI is InChI=1S/C19H26N4O2/c1-22-11-7-9-16(22)17(23-12-5-6-13-23)14-20-19(24)21-15-8-3-4-10-18(15)25-2/h3-4,7-11,17H,5-6,12-14H2,1-2H3,(H2,20,21,24)/t17-/m1/s1. The molecule has 1 fully saturated rings. The van der Waals surface area contributed by atoms with E-state index >= 15 is 0 Å². The summed E-state index contributed by atoms with van der Waals surface area (Å²) in [5.74, 6) is 0.649. The quantitative estimate of drug-likeness (QED) is 0.848. The van der Waals surface area contributed by atoms with Crippen molar-refractivity contribution in [3.8, 4) is 5.75 Å². The van der Waals surface area contributed by atoms with Crippen LogP contribution in [-0.2, 0) is 7.05 Å². The summed E-state index contributed by atoms with van der Waals surface area (Å²) in [5.41, 5.74) is 1.89. The normalized spacial score (nSPS) is 15.8. The van der Waals surface area contributed by atoms with E-state index in [2.05, 4.69) is 26.2 Å². The summed E-state index contributed by atoms with van der Waals surface area (Å²) in [6.45, 7) is 2.72. The highest BCUT2D eigenvalue weighted by molar-refractivity contribution is 5.90. The highest BCUT2D eigenvalue weighted by Crippen LogP contribution is 2.25. The Labute approximate surface area is 148 Å². The Morgan fingerprint density at radius 1 is 1.20 bits per heavy atom. The van der Waals surface area contributed by atoms with E-state index in [0.29, 0.717) is 18.0 Å². The van der Waals surface area contributed by atoms with Crippen LogP contribution in [0.25, 0.3) is 0 Å². The van der Waals surface area contributed by atoms with Crippen LogP contribution >= 0.6 is 0 Å². The third-order valence-electron chi connectivity index (χ3n) is 4.72. The molecule has 6 nitrogen and oxygen atoms in total. The van der Waals surface area contributed by atoms with Gasteiger partial charge in [-0.25, -0.2) is 4.79 Å². The molecule has 0 unspecified atom stereocenters. The lowest BCUT2D eigenvalue weighted by molar-refractivity contribution is 0.222. The monoisotopic (exact) mass is 342 g/mol. The number of nitrogens with one attached hydrogen (secondary N) is 2. The Balaban J connectivity index is 1.64. The van der Waals surface area contributed by atoms with Crippen molar-refractivity contribution in [2.24, 2.45) is 7.05 Å². The maximum Gasteiger partial charge on any atom is 0.319 e. The number of nitrogens with zero attached hydrogens (tertiary/aromatic N) is 2. The van der Waals surface area contributed by atoms with Crippen LogP contribution in [0.1, 0.15) is 24.6 Å². The average Bonchev–Trinajstić information content (AvgIpc) is 3.28. The van der Waals surface area contributed by atoms with E-state index in [-0.39, 0.29) is 12.1 Å². The number of anilines is 1. The van der Waals surface area contributed by atoms with Crippen LogP contribution in [0, 0.1) is 0 Å². The van der Waals surface area contributed by atoms with E-state index < -0.39 is 0 Å². The van der Waals surface area contributed by atoms with Crippen LogP contribution in [0.3, 0.4) is 0 Å². The van der Waals surface area contributed by atoms with Gasteiger partial charge in [0, 0.05) is 25.5 Å². The minimum absolute atomic E-state index is 0.186. The van der Waals surface area contributed by atoms with Crippen molar-refractivity contribution < 1.29 is 9.53 Å². The zero-order valence-electron chi connectivity index (χ0n) is 14.9. The van der Waals surface area contributed by atoms with Gasteiger partial charge < -0.3 is 19.9 Å². The predicted molar refractivity (Wildman–Crippen MR) is 99.0 cm³/mol. The van der Waals surface area contributed by atoms with E-state index in [1.165, 1.54) is 18.5 Å². The summed E-state index contributed by atoms with van der Waals surface area (Å²) in [7, 11) is 3.64. The molecule has 0 bridgehead atoms. The van der Waals surface area contributed by atoms with Crippen LogP contribution < -0.4 is 15.4 Å². The fourth-order valence-electron chi connectivity index (χ4n) is 3.40. The molecule has 2 N–H and O–H groups in total. The molecule has 1 saturated heterocycles. The zero-order chi connectivity index (χ0) is 17.6. The summed E-state index contributed by atoms with van der Waals surface area (Å²) in [6, 6.07) is 11.5. The molecule has 2 amide bonds. The van der Waals surface area contributed by atoms with Crippen molar-refractivity contribution in [3.63, 3.8) is 0 Å². The second kappa shape index (κ2) is 8.07. The minimum atomic E-state index is -0.220. The number of ether oxygens (including phenoxy) is 1. The van der Waals surface area contributed by atoms with Gasteiger partial charge >= 0.3 is 6.03 Å². The number of carbonyl (C=O) groups excluding carboxylic acids is 1. The third-order valence-corrected chi connectivity index (χ3v) is 4.72. The number of hydrogen-bond acceptors (Lipinski definition) is 3. The van der Waals surface area contributed by atoms with Crippen LogP contribution in [0.15, 0.2) is 42.6 Å². The number of para-hydroxylation sites is 2. The second-order valence-electron chi connectivity index (χ2n) is 6.34. The molecule has 2 heterocycles. The van der Waals surface area contributed by atoms with Gasteiger partial charge in [0.25, 0.3) is 0 Å².